The van der Waals surface area contributed by atoms with E-state index in [0.717, 1.165) is 22.2 Å². The number of ether oxygens (including phenoxy) is 3. The zero-order valence-corrected chi connectivity index (χ0v) is 17.9. The molecule has 0 unspecified atom stereocenters. The minimum absolute atomic E-state index is 0.0773. The van der Waals surface area contributed by atoms with E-state index in [-0.39, 0.29) is 11.5 Å². The third kappa shape index (κ3) is 5.05. The highest BCUT2D eigenvalue weighted by molar-refractivity contribution is 8.18. The van der Waals surface area contributed by atoms with Crippen LogP contribution < -0.4 is 9.47 Å². The first-order chi connectivity index (χ1) is 14.4. The molecule has 0 spiro atoms. The second-order valence-electron chi connectivity index (χ2n) is 6.18. The van der Waals surface area contributed by atoms with Crippen LogP contribution in [-0.4, -0.2) is 48.4 Å². The molecule has 2 rings (SSSR count). The molecule has 1 aliphatic rings. The maximum Gasteiger partial charge on any atom is 0.328 e. The zero-order chi connectivity index (χ0) is 22.3. The summed E-state index contributed by atoms with van der Waals surface area (Å²) < 4.78 is 16.0. The molecule has 1 aliphatic heterocycles. The normalized spacial score (nSPS) is 15.7. The average molecular weight is 429 g/mol. The van der Waals surface area contributed by atoms with Gasteiger partial charge in [0.25, 0.3) is 11.1 Å². The Balaban J connectivity index is 2.46. The highest BCUT2D eigenvalue weighted by Gasteiger charge is 2.41. The Bertz CT molecular complexity index is 930. The van der Waals surface area contributed by atoms with Gasteiger partial charge in [-0.15, -0.1) is 13.0 Å². The van der Waals surface area contributed by atoms with Crippen LogP contribution in [0, 0.1) is 12.3 Å². The number of rotatable bonds is 9. The Hall–Kier alpha value is -3.18. The molecule has 0 N–H and O–H groups in total. The van der Waals surface area contributed by atoms with E-state index in [9.17, 15) is 14.4 Å². The summed E-state index contributed by atoms with van der Waals surface area (Å²) >= 11 is 0.761. The predicted molar refractivity (Wildman–Crippen MR) is 115 cm³/mol. The molecule has 0 radical (unpaired) electrons. The van der Waals surface area contributed by atoms with Crippen molar-refractivity contribution in [1.29, 1.82) is 0 Å². The van der Waals surface area contributed by atoms with Gasteiger partial charge >= 0.3 is 5.97 Å². The van der Waals surface area contributed by atoms with Gasteiger partial charge in [0.1, 0.15) is 12.6 Å². The first-order valence-electron chi connectivity index (χ1n) is 9.19. The smallest absolute Gasteiger partial charge is 0.328 e. The lowest BCUT2D eigenvalue weighted by molar-refractivity contribution is -0.148. The predicted octanol–water partition coefficient (Wildman–Crippen LogP) is 3.42. The summed E-state index contributed by atoms with van der Waals surface area (Å²) in [5.41, 5.74) is 1.42. The maximum atomic E-state index is 12.7. The van der Waals surface area contributed by atoms with E-state index < -0.39 is 23.2 Å². The Kier molecular flexibility index (Phi) is 8.13. The summed E-state index contributed by atoms with van der Waals surface area (Å²) in [6.45, 7) is 7.51. The number of benzene rings is 1. The van der Waals surface area contributed by atoms with Crippen molar-refractivity contribution in [3.63, 3.8) is 0 Å². The molecule has 158 valence electrons. The van der Waals surface area contributed by atoms with E-state index in [1.54, 1.807) is 18.2 Å². The first kappa shape index (κ1) is 23.1. The summed E-state index contributed by atoms with van der Waals surface area (Å²) in [4.78, 5) is 37.9. The minimum atomic E-state index is -1.01. The monoisotopic (exact) mass is 429 g/mol. The van der Waals surface area contributed by atoms with Crippen molar-refractivity contribution in [2.45, 2.75) is 26.3 Å². The number of nitrogens with zero attached hydrogens (tertiary/aromatic N) is 1. The summed E-state index contributed by atoms with van der Waals surface area (Å²) in [6.07, 6.45) is 9.08. The van der Waals surface area contributed by atoms with Crippen LogP contribution in [0.3, 0.4) is 0 Å². The van der Waals surface area contributed by atoms with Gasteiger partial charge in [0, 0.05) is 5.56 Å². The number of amides is 2. The summed E-state index contributed by atoms with van der Waals surface area (Å²) in [5.74, 6) is 2.19. The molecule has 1 heterocycles. The molecule has 8 heteroatoms. The number of imide groups is 1. The van der Waals surface area contributed by atoms with Gasteiger partial charge in [-0.05, 0) is 55.8 Å². The van der Waals surface area contributed by atoms with Crippen molar-refractivity contribution in [3.05, 3.63) is 40.8 Å². The number of allylic oxidation sites excluding steroid dienone is 1. The lowest BCUT2D eigenvalue weighted by Gasteiger charge is -2.18. The average Bonchev–Trinajstić information content (AvgIpc) is 2.99. The van der Waals surface area contributed by atoms with E-state index in [1.807, 2.05) is 13.0 Å². The summed E-state index contributed by atoms with van der Waals surface area (Å²) in [7, 11) is 1.20. The van der Waals surface area contributed by atoms with Crippen molar-refractivity contribution in [1.82, 2.24) is 4.90 Å². The molecule has 30 heavy (non-hydrogen) atoms. The van der Waals surface area contributed by atoms with Crippen molar-refractivity contribution in [3.8, 4) is 23.8 Å². The van der Waals surface area contributed by atoms with Gasteiger partial charge in [-0.1, -0.05) is 12.0 Å². The number of carbonyl (C=O) groups is 3. The number of hydrogen-bond acceptors (Lipinski definition) is 7. The van der Waals surface area contributed by atoms with Crippen LogP contribution in [0.2, 0.25) is 0 Å². The lowest BCUT2D eigenvalue weighted by atomic mass is 10.0. The quantitative estimate of drug-likeness (QED) is 0.257. The number of thioether (sulfide) groups is 1. The third-order valence-electron chi connectivity index (χ3n) is 4.17. The third-order valence-corrected chi connectivity index (χ3v) is 5.05. The molecule has 0 aliphatic carbocycles. The zero-order valence-electron chi connectivity index (χ0n) is 17.1. The molecular weight excluding hydrogens is 406 g/mol. The number of carbonyl (C=O) groups excluding carboxylic acids is 3. The molecule has 7 nitrogen and oxygen atoms in total. The molecule has 1 aromatic rings. The molecule has 1 atom stereocenters. The van der Waals surface area contributed by atoms with Gasteiger partial charge in [0.05, 0.1) is 18.6 Å². The topological polar surface area (TPSA) is 82.1 Å². The molecule has 0 saturated carbocycles. The number of methoxy groups -OCH3 is 1. The highest BCUT2D eigenvalue weighted by Crippen LogP contribution is 2.38. The van der Waals surface area contributed by atoms with Gasteiger partial charge in [-0.3, -0.25) is 14.5 Å². The molecule has 0 aromatic heterocycles. The molecule has 1 fully saturated rings. The van der Waals surface area contributed by atoms with Gasteiger partial charge in [-0.2, -0.15) is 0 Å². The van der Waals surface area contributed by atoms with Crippen LogP contribution in [0.15, 0.2) is 29.7 Å². The van der Waals surface area contributed by atoms with Gasteiger partial charge in [0.15, 0.2) is 11.5 Å². The van der Waals surface area contributed by atoms with Crippen LogP contribution in [-0.2, 0) is 20.7 Å². The van der Waals surface area contributed by atoms with E-state index in [4.69, 9.17) is 15.9 Å². The minimum Gasteiger partial charge on any atom is -0.490 e. The largest absolute Gasteiger partial charge is 0.490 e. The Labute approximate surface area is 180 Å². The molecule has 2 amide bonds. The first-order valence-corrected chi connectivity index (χ1v) is 10.0. The van der Waals surface area contributed by atoms with Crippen molar-refractivity contribution in [2.75, 3.05) is 20.3 Å². The fraction of sp³-hybridized carbons (Fsp3) is 0.318. The molecule has 1 aromatic carbocycles. The molecule has 1 saturated heterocycles. The Morgan fingerprint density at radius 1 is 1.37 bits per heavy atom. The standard InChI is InChI=1S/C22H23NO6S/c1-6-9-16-11-15(12-17(28-8-3)19(16)29-10-7-2)13-18-20(24)23(22(26)30-18)14(4)21(25)27-5/h2,6,11-14H,1,8-10H2,3-5H3/b18-13+/t14-/m0/s1. The van der Waals surface area contributed by atoms with Gasteiger partial charge < -0.3 is 14.2 Å². The van der Waals surface area contributed by atoms with Crippen LogP contribution in [0.1, 0.15) is 25.0 Å². The van der Waals surface area contributed by atoms with Gasteiger partial charge in [-0.25, -0.2) is 4.79 Å². The Morgan fingerprint density at radius 3 is 2.70 bits per heavy atom. The molecule has 0 bridgehead atoms. The molecular formula is C22H23NO6S. The van der Waals surface area contributed by atoms with E-state index in [0.29, 0.717) is 30.1 Å². The second-order valence-corrected chi connectivity index (χ2v) is 7.17. The van der Waals surface area contributed by atoms with Crippen molar-refractivity contribution < 1.29 is 28.6 Å². The number of hydrogen-bond donors (Lipinski definition) is 0. The van der Waals surface area contributed by atoms with E-state index in [1.165, 1.54) is 14.0 Å². The fourth-order valence-corrected chi connectivity index (χ4v) is 3.76. The van der Waals surface area contributed by atoms with Crippen LogP contribution in [0.25, 0.3) is 6.08 Å². The van der Waals surface area contributed by atoms with Crippen LogP contribution in [0.5, 0.6) is 11.5 Å². The Morgan fingerprint density at radius 2 is 2.10 bits per heavy atom. The van der Waals surface area contributed by atoms with Crippen LogP contribution in [0.4, 0.5) is 4.79 Å². The highest BCUT2D eigenvalue weighted by atomic mass is 32.2. The summed E-state index contributed by atoms with van der Waals surface area (Å²) in [6, 6.07) is 2.51. The second kappa shape index (κ2) is 10.6. The van der Waals surface area contributed by atoms with E-state index >= 15 is 0 Å². The number of esters is 1. The van der Waals surface area contributed by atoms with E-state index in [2.05, 4.69) is 17.2 Å². The van der Waals surface area contributed by atoms with Crippen molar-refractivity contribution >= 4 is 35.0 Å². The van der Waals surface area contributed by atoms with Gasteiger partial charge in [0.2, 0.25) is 0 Å². The lowest BCUT2D eigenvalue weighted by Crippen LogP contribution is -2.42. The summed E-state index contributed by atoms with van der Waals surface area (Å²) in [5, 5.41) is -0.533. The fourth-order valence-electron chi connectivity index (χ4n) is 2.86. The SMILES string of the molecule is C#CCOc1c(CC=C)cc(/C=C2/SC(=O)N([C@@H](C)C(=O)OC)C2=O)cc1OCC. The number of terminal acetylenes is 1. The van der Waals surface area contributed by atoms with Crippen molar-refractivity contribution in [2.24, 2.45) is 0 Å². The van der Waals surface area contributed by atoms with Crippen LogP contribution >= 0.6 is 11.8 Å². The maximum absolute atomic E-state index is 12.7.